The Kier molecular flexibility index (Phi) is 4.61. The Bertz CT molecular complexity index is 603. The summed E-state index contributed by atoms with van der Waals surface area (Å²) in [5, 5.41) is 2.64. The SMILES string of the molecule is CN(C)c1ccc(NC(=O)COC(=O)c2ccco2)cc1. The molecule has 2 rings (SSSR count). The lowest BCUT2D eigenvalue weighted by Crippen LogP contribution is -2.20. The Morgan fingerprint density at radius 1 is 1.19 bits per heavy atom. The van der Waals surface area contributed by atoms with Crippen molar-refractivity contribution in [3.63, 3.8) is 0 Å². The number of nitrogens with zero attached hydrogens (tertiary/aromatic N) is 1. The van der Waals surface area contributed by atoms with Gasteiger partial charge in [0.1, 0.15) is 0 Å². The Hall–Kier alpha value is -2.76. The first-order chi connectivity index (χ1) is 10.1. The smallest absolute Gasteiger partial charge is 0.374 e. The van der Waals surface area contributed by atoms with Crippen molar-refractivity contribution in [2.24, 2.45) is 0 Å². The van der Waals surface area contributed by atoms with E-state index >= 15 is 0 Å². The number of carbonyl (C=O) groups excluding carboxylic acids is 2. The van der Waals surface area contributed by atoms with Crippen molar-refractivity contribution in [1.29, 1.82) is 0 Å². The maximum absolute atomic E-state index is 11.7. The highest BCUT2D eigenvalue weighted by Crippen LogP contribution is 2.15. The number of furan rings is 1. The minimum absolute atomic E-state index is 0.0677. The number of ether oxygens (including phenoxy) is 1. The van der Waals surface area contributed by atoms with Crippen LogP contribution in [0.5, 0.6) is 0 Å². The zero-order valence-corrected chi connectivity index (χ0v) is 11.8. The van der Waals surface area contributed by atoms with Gasteiger partial charge in [-0.2, -0.15) is 0 Å². The molecule has 2 aromatic rings. The quantitative estimate of drug-likeness (QED) is 0.853. The average Bonchev–Trinajstić information content (AvgIpc) is 2.99. The number of hydrogen-bond acceptors (Lipinski definition) is 5. The van der Waals surface area contributed by atoms with E-state index in [1.165, 1.54) is 12.3 Å². The van der Waals surface area contributed by atoms with Gasteiger partial charge in [-0.3, -0.25) is 4.79 Å². The van der Waals surface area contributed by atoms with Crippen molar-refractivity contribution >= 4 is 23.3 Å². The lowest BCUT2D eigenvalue weighted by Gasteiger charge is -2.13. The van der Waals surface area contributed by atoms with Crippen LogP contribution in [-0.2, 0) is 9.53 Å². The van der Waals surface area contributed by atoms with Gasteiger partial charge in [0, 0.05) is 25.5 Å². The number of esters is 1. The van der Waals surface area contributed by atoms with Gasteiger partial charge in [0.25, 0.3) is 5.91 Å². The molecule has 0 saturated heterocycles. The Labute approximate surface area is 122 Å². The van der Waals surface area contributed by atoms with Gasteiger partial charge in [-0.15, -0.1) is 0 Å². The third-order valence-electron chi connectivity index (χ3n) is 2.72. The summed E-state index contributed by atoms with van der Waals surface area (Å²) in [6.07, 6.45) is 1.36. The molecule has 110 valence electrons. The average molecular weight is 288 g/mol. The Balaban J connectivity index is 1.83. The number of amides is 1. The van der Waals surface area contributed by atoms with E-state index in [1.807, 2.05) is 31.1 Å². The molecule has 0 aliphatic rings. The highest BCUT2D eigenvalue weighted by atomic mass is 16.5. The van der Waals surface area contributed by atoms with E-state index in [9.17, 15) is 9.59 Å². The monoisotopic (exact) mass is 288 g/mol. The van der Waals surface area contributed by atoms with Crippen molar-refractivity contribution < 1.29 is 18.7 Å². The molecule has 0 aliphatic heterocycles. The molecule has 1 aromatic heterocycles. The van der Waals surface area contributed by atoms with Gasteiger partial charge in [0.2, 0.25) is 5.76 Å². The number of hydrogen-bond donors (Lipinski definition) is 1. The van der Waals surface area contributed by atoms with Gasteiger partial charge < -0.3 is 19.4 Å². The van der Waals surface area contributed by atoms with Gasteiger partial charge in [-0.1, -0.05) is 0 Å². The minimum Gasteiger partial charge on any atom is -0.457 e. The zero-order chi connectivity index (χ0) is 15.2. The van der Waals surface area contributed by atoms with Crippen LogP contribution in [0.15, 0.2) is 47.1 Å². The molecule has 0 aliphatic carbocycles. The van der Waals surface area contributed by atoms with Crippen LogP contribution in [0.1, 0.15) is 10.6 Å². The van der Waals surface area contributed by atoms with Crippen molar-refractivity contribution in [2.75, 3.05) is 30.9 Å². The molecule has 0 saturated carbocycles. The molecule has 0 unspecified atom stereocenters. The minimum atomic E-state index is -0.668. The van der Waals surface area contributed by atoms with Crippen LogP contribution in [0, 0.1) is 0 Å². The third kappa shape index (κ3) is 4.10. The van der Waals surface area contributed by atoms with Gasteiger partial charge >= 0.3 is 5.97 Å². The summed E-state index contributed by atoms with van der Waals surface area (Å²) < 4.78 is 9.70. The molecule has 0 bridgehead atoms. The Morgan fingerprint density at radius 3 is 2.48 bits per heavy atom. The predicted molar refractivity (Wildman–Crippen MR) is 78.4 cm³/mol. The second kappa shape index (κ2) is 6.60. The van der Waals surface area contributed by atoms with E-state index in [0.29, 0.717) is 5.69 Å². The van der Waals surface area contributed by atoms with Crippen molar-refractivity contribution in [2.45, 2.75) is 0 Å². The molecule has 0 fully saturated rings. The molecular weight excluding hydrogens is 272 g/mol. The summed E-state index contributed by atoms with van der Waals surface area (Å²) in [7, 11) is 3.86. The topological polar surface area (TPSA) is 71.8 Å². The van der Waals surface area contributed by atoms with Crippen LogP contribution in [0.4, 0.5) is 11.4 Å². The second-order valence-electron chi connectivity index (χ2n) is 4.54. The number of nitrogens with one attached hydrogen (secondary N) is 1. The van der Waals surface area contributed by atoms with E-state index in [-0.39, 0.29) is 12.4 Å². The number of benzene rings is 1. The molecule has 0 atom stereocenters. The van der Waals surface area contributed by atoms with E-state index < -0.39 is 11.9 Å². The zero-order valence-electron chi connectivity index (χ0n) is 11.8. The van der Waals surface area contributed by atoms with E-state index in [2.05, 4.69) is 5.32 Å². The van der Waals surface area contributed by atoms with Crippen molar-refractivity contribution in [3.8, 4) is 0 Å². The summed E-state index contributed by atoms with van der Waals surface area (Å²) in [6.45, 7) is -0.366. The lowest BCUT2D eigenvalue weighted by molar-refractivity contribution is -0.119. The number of rotatable bonds is 5. The molecular formula is C15H16N2O4. The first kappa shape index (κ1) is 14.6. The molecule has 6 nitrogen and oxygen atoms in total. The van der Waals surface area contributed by atoms with E-state index in [0.717, 1.165) is 5.69 Å². The fourth-order valence-corrected chi connectivity index (χ4v) is 1.64. The summed E-state index contributed by atoms with van der Waals surface area (Å²) in [6, 6.07) is 10.4. The maximum atomic E-state index is 11.7. The molecule has 6 heteroatoms. The van der Waals surface area contributed by atoms with Gasteiger partial charge in [0.15, 0.2) is 6.61 Å². The lowest BCUT2D eigenvalue weighted by atomic mass is 10.2. The molecule has 1 aromatic carbocycles. The van der Waals surface area contributed by atoms with Gasteiger partial charge in [0.05, 0.1) is 6.26 Å². The summed E-state index contributed by atoms with van der Waals surface area (Å²) in [4.78, 5) is 25.1. The second-order valence-corrected chi connectivity index (χ2v) is 4.54. The fourth-order valence-electron chi connectivity index (χ4n) is 1.64. The van der Waals surface area contributed by atoms with Crippen LogP contribution in [-0.4, -0.2) is 32.6 Å². The molecule has 1 heterocycles. The normalized spacial score (nSPS) is 10.0. The molecule has 1 amide bonds. The standard InChI is InChI=1S/C15H16N2O4/c1-17(2)12-7-5-11(6-8-12)16-14(18)10-21-15(19)13-4-3-9-20-13/h3-9H,10H2,1-2H3,(H,16,18). The van der Waals surface area contributed by atoms with Crippen LogP contribution < -0.4 is 10.2 Å². The van der Waals surface area contributed by atoms with Crippen molar-refractivity contribution in [3.05, 3.63) is 48.4 Å². The highest BCUT2D eigenvalue weighted by molar-refractivity contribution is 5.94. The van der Waals surface area contributed by atoms with Crippen LogP contribution in [0.2, 0.25) is 0 Å². The third-order valence-corrected chi connectivity index (χ3v) is 2.72. The largest absolute Gasteiger partial charge is 0.457 e. The van der Waals surface area contributed by atoms with Gasteiger partial charge in [-0.25, -0.2) is 4.79 Å². The van der Waals surface area contributed by atoms with Crippen molar-refractivity contribution in [1.82, 2.24) is 0 Å². The van der Waals surface area contributed by atoms with Crippen LogP contribution in [0.25, 0.3) is 0 Å². The van der Waals surface area contributed by atoms with Gasteiger partial charge in [-0.05, 0) is 36.4 Å². The Morgan fingerprint density at radius 2 is 1.90 bits per heavy atom. The highest BCUT2D eigenvalue weighted by Gasteiger charge is 2.12. The molecule has 1 N–H and O–H groups in total. The first-order valence-corrected chi connectivity index (χ1v) is 6.34. The summed E-state index contributed by atoms with van der Waals surface area (Å²) >= 11 is 0. The fraction of sp³-hybridized carbons (Fsp3) is 0.200. The van der Waals surface area contributed by atoms with Crippen LogP contribution >= 0.6 is 0 Å². The molecule has 21 heavy (non-hydrogen) atoms. The summed E-state index contributed by atoms with van der Waals surface area (Å²) in [5.41, 5.74) is 1.66. The maximum Gasteiger partial charge on any atom is 0.374 e. The van der Waals surface area contributed by atoms with Crippen LogP contribution in [0.3, 0.4) is 0 Å². The predicted octanol–water partition coefficient (Wildman–Crippen LogP) is 2.14. The number of anilines is 2. The summed E-state index contributed by atoms with van der Waals surface area (Å²) in [5.74, 6) is -1.01. The number of carbonyl (C=O) groups is 2. The molecule has 0 spiro atoms. The first-order valence-electron chi connectivity index (χ1n) is 6.34. The molecule has 0 radical (unpaired) electrons. The van der Waals surface area contributed by atoms with E-state index in [1.54, 1.807) is 18.2 Å². The van der Waals surface area contributed by atoms with E-state index in [4.69, 9.17) is 9.15 Å².